The summed E-state index contributed by atoms with van der Waals surface area (Å²) in [5.41, 5.74) is 3.71. The van der Waals surface area contributed by atoms with Crippen LogP contribution in [0, 0.1) is 0 Å². The van der Waals surface area contributed by atoms with Crippen LogP contribution in [0.2, 0.25) is 5.02 Å². The van der Waals surface area contributed by atoms with E-state index in [0.29, 0.717) is 37.9 Å². The SMILES string of the molecule is O=C(c1cccc(OCC(F)(F)F)n1)N1C2COCC1CN(Cc1c(-c3ccc(Cl)cc3)nc3ccccn13)C2. The zero-order valence-electron chi connectivity index (χ0n) is 21.2. The molecule has 5 heterocycles. The highest BCUT2D eigenvalue weighted by atomic mass is 35.5. The number of morpholine rings is 1. The van der Waals surface area contributed by atoms with Crippen molar-refractivity contribution < 1.29 is 27.4 Å². The average Bonchev–Trinajstić information content (AvgIpc) is 3.29. The summed E-state index contributed by atoms with van der Waals surface area (Å²) in [5, 5.41) is 0.648. The Hall–Kier alpha value is -3.67. The third-order valence-electron chi connectivity index (χ3n) is 7.03. The molecule has 0 N–H and O–H groups in total. The zero-order chi connectivity index (χ0) is 27.9. The second kappa shape index (κ2) is 10.7. The van der Waals surface area contributed by atoms with Crippen molar-refractivity contribution in [2.75, 3.05) is 32.9 Å². The van der Waals surface area contributed by atoms with Gasteiger partial charge in [0, 0.05) is 42.5 Å². The van der Waals surface area contributed by atoms with Crippen LogP contribution in [0.1, 0.15) is 16.2 Å². The van der Waals surface area contributed by atoms with E-state index < -0.39 is 12.8 Å². The average molecular weight is 572 g/mol. The number of pyridine rings is 2. The minimum Gasteiger partial charge on any atom is -0.468 e. The molecule has 2 fully saturated rings. The van der Waals surface area contributed by atoms with Gasteiger partial charge >= 0.3 is 6.18 Å². The standard InChI is InChI=1S/C28H25ClF3N5O3/c29-19-9-7-18(8-10-19)26-23(36-11-2-1-5-24(36)34-26)14-35-12-20-15-39-16-21(13-35)37(20)27(38)22-4-3-6-25(33-22)40-17-28(30,31)32/h1-11,20-21H,12-17H2. The first-order valence-electron chi connectivity index (χ1n) is 12.8. The summed E-state index contributed by atoms with van der Waals surface area (Å²) in [6.45, 7) is 0.910. The van der Waals surface area contributed by atoms with Crippen molar-refractivity contribution in [2.24, 2.45) is 0 Å². The van der Waals surface area contributed by atoms with Crippen molar-refractivity contribution in [1.82, 2.24) is 24.2 Å². The zero-order valence-corrected chi connectivity index (χ0v) is 22.0. The van der Waals surface area contributed by atoms with Crippen LogP contribution >= 0.6 is 11.6 Å². The Morgan fingerprint density at radius 1 is 1.00 bits per heavy atom. The second-order valence-corrected chi connectivity index (χ2v) is 10.3. The van der Waals surface area contributed by atoms with Crippen molar-refractivity contribution in [1.29, 1.82) is 0 Å². The maximum atomic E-state index is 13.5. The lowest BCUT2D eigenvalue weighted by atomic mass is 10.0. The summed E-state index contributed by atoms with van der Waals surface area (Å²) < 4.78 is 50.4. The summed E-state index contributed by atoms with van der Waals surface area (Å²) in [6, 6.07) is 17.2. The quantitative estimate of drug-likeness (QED) is 0.334. The Morgan fingerprint density at radius 3 is 2.48 bits per heavy atom. The van der Waals surface area contributed by atoms with Gasteiger partial charge in [-0.2, -0.15) is 13.2 Å². The van der Waals surface area contributed by atoms with Gasteiger partial charge in [0.1, 0.15) is 11.3 Å². The van der Waals surface area contributed by atoms with Gasteiger partial charge in [-0.3, -0.25) is 9.69 Å². The number of amides is 1. The molecule has 0 aliphatic carbocycles. The number of hydrogen-bond donors (Lipinski definition) is 0. The van der Waals surface area contributed by atoms with Gasteiger partial charge in [0.2, 0.25) is 5.88 Å². The highest BCUT2D eigenvalue weighted by Gasteiger charge is 2.42. The molecular formula is C28H25ClF3N5O3. The third-order valence-corrected chi connectivity index (χ3v) is 7.28. The Balaban J connectivity index is 1.23. The largest absolute Gasteiger partial charge is 0.468 e. The summed E-state index contributed by atoms with van der Waals surface area (Å²) >= 11 is 6.12. The number of nitrogens with zero attached hydrogens (tertiary/aromatic N) is 5. The number of fused-ring (bicyclic) bond motifs is 3. The van der Waals surface area contributed by atoms with E-state index in [2.05, 4.69) is 14.3 Å². The number of benzene rings is 1. The fourth-order valence-corrected chi connectivity index (χ4v) is 5.49. The van der Waals surface area contributed by atoms with Crippen LogP contribution in [0.25, 0.3) is 16.9 Å². The molecule has 3 aromatic heterocycles. The minimum atomic E-state index is -4.50. The molecule has 4 aromatic rings. The van der Waals surface area contributed by atoms with E-state index in [-0.39, 0.29) is 29.6 Å². The molecule has 0 spiro atoms. The predicted octanol–water partition coefficient (Wildman–Crippen LogP) is 4.72. The Kier molecular flexibility index (Phi) is 7.11. The number of carbonyl (C=O) groups excluding carboxylic acids is 1. The Morgan fingerprint density at radius 2 is 1.75 bits per heavy atom. The van der Waals surface area contributed by atoms with E-state index in [1.54, 1.807) is 4.90 Å². The van der Waals surface area contributed by atoms with Gasteiger partial charge in [-0.05, 0) is 30.3 Å². The number of imidazole rings is 1. The van der Waals surface area contributed by atoms with E-state index in [9.17, 15) is 18.0 Å². The number of alkyl halides is 3. The minimum absolute atomic E-state index is 0.0387. The number of piperazine rings is 1. The molecule has 1 aromatic carbocycles. The number of aromatic nitrogens is 3. The van der Waals surface area contributed by atoms with Gasteiger partial charge in [0.05, 0.1) is 36.7 Å². The van der Waals surface area contributed by atoms with Crippen molar-refractivity contribution in [3.63, 3.8) is 0 Å². The van der Waals surface area contributed by atoms with Crippen LogP contribution in [0.3, 0.4) is 0 Å². The van der Waals surface area contributed by atoms with Gasteiger partial charge in [0.25, 0.3) is 5.91 Å². The monoisotopic (exact) mass is 571 g/mol. The molecule has 2 bridgehead atoms. The molecule has 40 heavy (non-hydrogen) atoms. The first-order chi connectivity index (χ1) is 19.2. The summed E-state index contributed by atoms with van der Waals surface area (Å²) in [6.07, 6.45) is -2.51. The molecular weight excluding hydrogens is 547 g/mol. The number of carbonyl (C=O) groups is 1. The molecule has 2 unspecified atom stereocenters. The first-order valence-corrected chi connectivity index (χ1v) is 13.1. The third kappa shape index (κ3) is 5.49. The Labute approximate surface area is 232 Å². The molecule has 12 heteroatoms. The summed E-state index contributed by atoms with van der Waals surface area (Å²) in [4.78, 5) is 26.5. The number of hydrogen-bond acceptors (Lipinski definition) is 6. The molecule has 208 valence electrons. The lowest BCUT2D eigenvalue weighted by Gasteiger charge is -2.49. The lowest BCUT2D eigenvalue weighted by Crippen LogP contribution is -2.66. The molecule has 6 rings (SSSR count). The predicted molar refractivity (Wildman–Crippen MR) is 141 cm³/mol. The van der Waals surface area contributed by atoms with E-state index >= 15 is 0 Å². The van der Waals surface area contributed by atoms with Crippen LogP contribution in [0.15, 0.2) is 66.9 Å². The highest BCUT2D eigenvalue weighted by molar-refractivity contribution is 6.30. The molecule has 0 saturated carbocycles. The molecule has 1 amide bonds. The summed E-state index contributed by atoms with van der Waals surface area (Å²) in [5.74, 6) is -0.599. The van der Waals surface area contributed by atoms with Crippen molar-refractivity contribution in [2.45, 2.75) is 24.8 Å². The highest BCUT2D eigenvalue weighted by Crippen LogP contribution is 2.30. The van der Waals surface area contributed by atoms with Crippen LogP contribution in [0.5, 0.6) is 5.88 Å². The van der Waals surface area contributed by atoms with Crippen molar-refractivity contribution >= 4 is 23.2 Å². The molecule has 2 aliphatic rings. The van der Waals surface area contributed by atoms with Gasteiger partial charge < -0.3 is 18.8 Å². The smallest absolute Gasteiger partial charge is 0.422 e. The van der Waals surface area contributed by atoms with E-state index in [1.807, 2.05) is 48.7 Å². The molecule has 8 nitrogen and oxygen atoms in total. The topological polar surface area (TPSA) is 72.2 Å². The number of ether oxygens (including phenoxy) is 2. The maximum Gasteiger partial charge on any atom is 0.422 e. The van der Waals surface area contributed by atoms with Gasteiger partial charge in [-0.25, -0.2) is 9.97 Å². The number of halogens is 4. The van der Waals surface area contributed by atoms with Crippen LogP contribution in [-0.2, 0) is 11.3 Å². The molecule has 2 aliphatic heterocycles. The lowest BCUT2D eigenvalue weighted by molar-refractivity contribution is -0.154. The normalized spacial score (nSPS) is 19.6. The number of rotatable bonds is 6. The van der Waals surface area contributed by atoms with Gasteiger partial charge in [-0.1, -0.05) is 35.9 Å². The van der Waals surface area contributed by atoms with Crippen LogP contribution < -0.4 is 4.74 Å². The van der Waals surface area contributed by atoms with Crippen molar-refractivity contribution in [3.8, 4) is 17.1 Å². The fraction of sp³-hybridized carbons (Fsp3) is 0.321. The molecule has 2 saturated heterocycles. The Bertz CT molecular complexity index is 1510. The first kappa shape index (κ1) is 26.5. The van der Waals surface area contributed by atoms with E-state index in [4.69, 9.17) is 26.1 Å². The van der Waals surface area contributed by atoms with Crippen LogP contribution in [0.4, 0.5) is 13.2 Å². The fourth-order valence-electron chi connectivity index (χ4n) is 5.36. The molecule has 2 atom stereocenters. The molecule has 0 radical (unpaired) electrons. The maximum absolute atomic E-state index is 13.5. The van der Waals surface area contributed by atoms with Gasteiger partial charge in [-0.15, -0.1) is 0 Å². The van der Waals surface area contributed by atoms with Crippen molar-refractivity contribution in [3.05, 3.63) is 83.3 Å². The summed E-state index contributed by atoms with van der Waals surface area (Å²) in [7, 11) is 0. The van der Waals surface area contributed by atoms with E-state index in [0.717, 1.165) is 22.6 Å². The van der Waals surface area contributed by atoms with E-state index in [1.165, 1.54) is 18.2 Å². The van der Waals surface area contributed by atoms with Gasteiger partial charge in [0.15, 0.2) is 6.61 Å². The second-order valence-electron chi connectivity index (χ2n) is 9.86. The van der Waals surface area contributed by atoms with Crippen LogP contribution in [-0.4, -0.2) is 81.2 Å².